The molecule has 1 fully saturated rings. The second-order valence-corrected chi connectivity index (χ2v) is 5.12. The Kier molecular flexibility index (Phi) is 4.74. The standard InChI is InChI=1S/C12H24N2O2/c1-10(2)14(4)11(15)9-13-12(3)5-7-16-8-6-12/h10,13H,5-9H2,1-4H3. The van der Waals surface area contributed by atoms with E-state index >= 15 is 0 Å². The van der Waals surface area contributed by atoms with Crippen molar-refractivity contribution in [2.75, 3.05) is 26.8 Å². The van der Waals surface area contributed by atoms with E-state index in [0.717, 1.165) is 26.1 Å². The average Bonchev–Trinajstić information content (AvgIpc) is 2.26. The fraction of sp³-hybridized carbons (Fsp3) is 0.917. The third-order valence-electron chi connectivity index (χ3n) is 3.43. The van der Waals surface area contributed by atoms with Gasteiger partial charge in [0.2, 0.25) is 5.91 Å². The zero-order valence-corrected chi connectivity index (χ0v) is 10.9. The Balaban J connectivity index is 2.35. The van der Waals surface area contributed by atoms with Crippen molar-refractivity contribution in [2.24, 2.45) is 0 Å². The zero-order valence-electron chi connectivity index (χ0n) is 10.9. The van der Waals surface area contributed by atoms with E-state index in [1.54, 1.807) is 4.90 Å². The zero-order chi connectivity index (χ0) is 12.2. The summed E-state index contributed by atoms with van der Waals surface area (Å²) in [6.45, 7) is 8.21. The number of carbonyl (C=O) groups is 1. The molecular weight excluding hydrogens is 204 g/mol. The van der Waals surface area contributed by atoms with Crippen molar-refractivity contribution in [1.29, 1.82) is 0 Å². The SMILES string of the molecule is CC(C)N(C)C(=O)CNC1(C)CCOCC1. The molecule has 0 spiro atoms. The van der Waals surface area contributed by atoms with Crippen molar-refractivity contribution in [1.82, 2.24) is 10.2 Å². The second kappa shape index (κ2) is 5.64. The van der Waals surface area contributed by atoms with Crippen LogP contribution >= 0.6 is 0 Å². The van der Waals surface area contributed by atoms with Crippen LogP contribution < -0.4 is 5.32 Å². The predicted octanol–water partition coefficient (Wildman–Crippen LogP) is 1.01. The summed E-state index contributed by atoms with van der Waals surface area (Å²) in [6, 6.07) is 0.261. The van der Waals surface area contributed by atoms with Gasteiger partial charge in [0.05, 0.1) is 6.54 Å². The fourth-order valence-electron chi connectivity index (χ4n) is 1.70. The molecule has 1 heterocycles. The molecule has 16 heavy (non-hydrogen) atoms. The second-order valence-electron chi connectivity index (χ2n) is 5.12. The number of amides is 1. The molecule has 0 aromatic heterocycles. The lowest BCUT2D eigenvalue weighted by Crippen LogP contribution is -2.51. The van der Waals surface area contributed by atoms with E-state index in [2.05, 4.69) is 12.2 Å². The van der Waals surface area contributed by atoms with Crippen LogP contribution in [0.3, 0.4) is 0 Å². The number of nitrogens with zero attached hydrogens (tertiary/aromatic N) is 1. The van der Waals surface area contributed by atoms with Crippen LogP contribution in [0.2, 0.25) is 0 Å². The Bertz CT molecular complexity index is 235. The van der Waals surface area contributed by atoms with Crippen molar-refractivity contribution in [3.63, 3.8) is 0 Å². The van der Waals surface area contributed by atoms with E-state index in [1.165, 1.54) is 0 Å². The summed E-state index contributed by atoms with van der Waals surface area (Å²) in [4.78, 5) is 13.6. The molecule has 1 aliphatic rings. The molecule has 0 unspecified atom stereocenters. The Morgan fingerprint density at radius 1 is 1.44 bits per heavy atom. The minimum Gasteiger partial charge on any atom is -0.381 e. The molecule has 1 amide bonds. The maximum Gasteiger partial charge on any atom is 0.236 e. The van der Waals surface area contributed by atoms with Gasteiger partial charge >= 0.3 is 0 Å². The fourth-order valence-corrected chi connectivity index (χ4v) is 1.70. The van der Waals surface area contributed by atoms with Gasteiger partial charge in [0, 0.05) is 31.8 Å². The van der Waals surface area contributed by atoms with Crippen LogP contribution in [-0.2, 0) is 9.53 Å². The summed E-state index contributed by atoms with van der Waals surface area (Å²) in [5, 5.41) is 3.36. The number of rotatable bonds is 4. The first-order valence-electron chi connectivity index (χ1n) is 6.03. The van der Waals surface area contributed by atoms with Gasteiger partial charge < -0.3 is 15.0 Å². The molecule has 0 aliphatic carbocycles. The number of ether oxygens (including phenoxy) is 1. The first-order chi connectivity index (χ1) is 7.44. The number of nitrogens with one attached hydrogen (secondary N) is 1. The Labute approximate surface area is 98.3 Å². The molecule has 4 nitrogen and oxygen atoms in total. The van der Waals surface area contributed by atoms with Gasteiger partial charge in [-0.2, -0.15) is 0 Å². The monoisotopic (exact) mass is 228 g/mol. The summed E-state index contributed by atoms with van der Waals surface area (Å²) < 4.78 is 5.32. The van der Waals surface area contributed by atoms with E-state index in [4.69, 9.17) is 4.74 Å². The van der Waals surface area contributed by atoms with Gasteiger partial charge in [0.25, 0.3) is 0 Å². The highest BCUT2D eigenvalue weighted by Crippen LogP contribution is 2.19. The van der Waals surface area contributed by atoms with Gasteiger partial charge in [0.15, 0.2) is 0 Å². The molecule has 0 atom stereocenters. The topological polar surface area (TPSA) is 41.6 Å². The Morgan fingerprint density at radius 3 is 2.50 bits per heavy atom. The van der Waals surface area contributed by atoms with Gasteiger partial charge in [-0.1, -0.05) is 0 Å². The molecule has 1 N–H and O–H groups in total. The lowest BCUT2D eigenvalue weighted by Gasteiger charge is -2.35. The van der Waals surface area contributed by atoms with Crippen molar-refractivity contribution in [2.45, 2.75) is 45.2 Å². The van der Waals surface area contributed by atoms with Gasteiger partial charge in [-0.05, 0) is 33.6 Å². The highest BCUT2D eigenvalue weighted by molar-refractivity contribution is 5.78. The molecule has 0 saturated carbocycles. The molecule has 0 aromatic rings. The maximum atomic E-state index is 11.8. The highest BCUT2D eigenvalue weighted by atomic mass is 16.5. The molecule has 0 radical (unpaired) electrons. The molecule has 1 rings (SSSR count). The van der Waals surface area contributed by atoms with Crippen LogP contribution in [0.15, 0.2) is 0 Å². The molecule has 1 aliphatic heterocycles. The van der Waals surface area contributed by atoms with Crippen LogP contribution in [-0.4, -0.2) is 49.2 Å². The van der Waals surface area contributed by atoms with Crippen LogP contribution in [0.1, 0.15) is 33.6 Å². The average molecular weight is 228 g/mol. The van der Waals surface area contributed by atoms with E-state index < -0.39 is 0 Å². The minimum atomic E-state index is 0.0612. The van der Waals surface area contributed by atoms with Gasteiger partial charge in [-0.15, -0.1) is 0 Å². The van der Waals surface area contributed by atoms with Crippen molar-refractivity contribution in [3.05, 3.63) is 0 Å². The Morgan fingerprint density at radius 2 is 2.00 bits per heavy atom. The number of hydrogen-bond acceptors (Lipinski definition) is 3. The summed E-state index contributed by atoms with van der Waals surface area (Å²) in [5.41, 5.74) is 0.0612. The maximum absolute atomic E-state index is 11.8. The number of hydrogen-bond donors (Lipinski definition) is 1. The quantitative estimate of drug-likeness (QED) is 0.781. The van der Waals surface area contributed by atoms with Crippen molar-refractivity contribution < 1.29 is 9.53 Å². The first-order valence-corrected chi connectivity index (χ1v) is 6.03. The van der Waals surface area contributed by atoms with Gasteiger partial charge in [-0.25, -0.2) is 0 Å². The molecular formula is C12H24N2O2. The third-order valence-corrected chi connectivity index (χ3v) is 3.43. The minimum absolute atomic E-state index is 0.0612. The van der Waals surface area contributed by atoms with E-state index in [-0.39, 0.29) is 17.5 Å². The third kappa shape index (κ3) is 3.76. The smallest absolute Gasteiger partial charge is 0.236 e. The molecule has 4 heteroatoms. The molecule has 1 saturated heterocycles. The first kappa shape index (κ1) is 13.5. The summed E-state index contributed by atoms with van der Waals surface area (Å²) in [6.07, 6.45) is 1.96. The van der Waals surface area contributed by atoms with Crippen molar-refractivity contribution >= 4 is 5.91 Å². The van der Waals surface area contributed by atoms with E-state index in [1.807, 2.05) is 20.9 Å². The normalized spacial score (nSPS) is 19.8. The van der Waals surface area contributed by atoms with Gasteiger partial charge in [-0.3, -0.25) is 4.79 Å². The summed E-state index contributed by atoms with van der Waals surface area (Å²) in [7, 11) is 1.85. The molecule has 94 valence electrons. The van der Waals surface area contributed by atoms with E-state index in [9.17, 15) is 4.79 Å². The van der Waals surface area contributed by atoms with Crippen LogP contribution in [0.25, 0.3) is 0 Å². The summed E-state index contributed by atoms with van der Waals surface area (Å²) >= 11 is 0. The largest absolute Gasteiger partial charge is 0.381 e. The predicted molar refractivity (Wildman–Crippen MR) is 64.4 cm³/mol. The van der Waals surface area contributed by atoms with Gasteiger partial charge in [0.1, 0.15) is 0 Å². The molecule has 0 aromatic carbocycles. The van der Waals surface area contributed by atoms with Crippen molar-refractivity contribution in [3.8, 4) is 0 Å². The van der Waals surface area contributed by atoms with Crippen LogP contribution in [0, 0.1) is 0 Å². The van der Waals surface area contributed by atoms with E-state index in [0.29, 0.717) is 6.54 Å². The molecule has 0 bridgehead atoms. The lowest BCUT2D eigenvalue weighted by atomic mass is 9.92. The number of carbonyl (C=O) groups excluding carboxylic acids is 1. The van der Waals surface area contributed by atoms with Crippen LogP contribution in [0.5, 0.6) is 0 Å². The lowest BCUT2D eigenvalue weighted by molar-refractivity contribution is -0.131. The Hall–Kier alpha value is -0.610. The highest BCUT2D eigenvalue weighted by Gasteiger charge is 2.27. The summed E-state index contributed by atoms with van der Waals surface area (Å²) in [5.74, 6) is 0.155. The number of likely N-dealkylation sites (N-methyl/N-ethyl adjacent to an activating group) is 1. The van der Waals surface area contributed by atoms with Crippen LogP contribution in [0.4, 0.5) is 0 Å².